The van der Waals surface area contributed by atoms with Gasteiger partial charge >= 0.3 is 0 Å². The van der Waals surface area contributed by atoms with E-state index in [2.05, 4.69) is 75.0 Å². The maximum Gasteiger partial charge on any atom is 0.245 e. The molecule has 20 nitrogen and oxygen atoms in total. The van der Waals surface area contributed by atoms with Gasteiger partial charge in [-0.1, -0.05) is 26.0 Å². The summed E-state index contributed by atoms with van der Waals surface area (Å²) in [6.07, 6.45) is 7.26. The monoisotopic (exact) mass is 1140 g/mol. The van der Waals surface area contributed by atoms with Gasteiger partial charge < -0.3 is 50.9 Å². The molecule has 4 aromatic rings. The van der Waals surface area contributed by atoms with E-state index in [1.54, 1.807) is 66.7 Å². The third kappa shape index (κ3) is 15.4. The second-order valence-corrected chi connectivity index (χ2v) is 24.1. The van der Waals surface area contributed by atoms with Gasteiger partial charge in [-0.05, 0) is 109 Å². The van der Waals surface area contributed by atoms with Crippen molar-refractivity contribution in [2.75, 3.05) is 127 Å². The molecule has 0 radical (unpaired) electrons. The second-order valence-electron chi connectivity index (χ2n) is 23.2. The maximum absolute atomic E-state index is 15.7. The van der Waals surface area contributed by atoms with Gasteiger partial charge in [0.2, 0.25) is 29.4 Å². The number of aromatic nitrogens is 3. The number of ketones is 1. The lowest BCUT2D eigenvalue weighted by Crippen LogP contribution is -2.66. The van der Waals surface area contributed by atoms with E-state index in [0.29, 0.717) is 86.2 Å². The molecule has 81 heavy (non-hydrogen) atoms. The molecule has 3 atom stereocenters. The molecule has 0 unspecified atom stereocenters. The van der Waals surface area contributed by atoms with Crippen LogP contribution in [0.5, 0.6) is 5.75 Å². The quantitative estimate of drug-likeness (QED) is 0.0544. The van der Waals surface area contributed by atoms with Gasteiger partial charge in [0.05, 0.1) is 42.9 Å². The van der Waals surface area contributed by atoms with Crippen molar-refractivity contribution in [1.82, 2.24) is 55.8 Å². The minimum Gasteiger partial charge on any atom is -0.492 e. The Hall–Kier alpha value is -6.40. The molecule has 5 aliphatic heterocycles. The highest BCUT2D eigenvalue weighted by Crippen LogP contribution is 2.37. The Morgan fingerprint density at radius 3 is 2.40 bits per heavy atom. The van der Waals surface area contributed by atoms with Crippen molar-refractivity contribution < 1.29 is 37.5 Å². The van der Waals surface area contributed by atoms with Gasteiger partial charge in [0.1, 0.15) is 58.7 Å². The van der Waals surface area contributed by atoms with Crippen molar-refractivity contribution in [3.8, 4) is 5.75 Å². The number of hydrogen-bond donors (Lipinski definition) is 5. The van der Waals surface area contributed by atoms with Crippen LogP contribution in [0.4, 0.5) is 26.1 Å². The van der Waals surface area contributed by atoms with Crippen LogP contribution >= 0.6 is 11.3 Å². The maximum atomic E-state index is 15.7. The number of halogens is 2. The number of piperazine rings is 2. The number of benzene rings is 2. The Balaban J connectivity index is 0.642. The zero-order valence-electron chi connectivity index (χ0n) is 47.5. The first-order chi connectivity index (χ1) is 38.9. The van der Waals surface area contributed by atoms with Crippen LogP contribution in [-0.4, -0.2) is 193 Å². The Morgan fingerprint density at radius 2 is 1.63 bits per heavy atom. The van der Waals surface area contributed by atoms with Crippen molar-refractivity contribution >= 4 is 58.1 Å². The van der Waals surface area contributed by atoms with Crippen molar-refractivity contribution in [3.63, 3.8) is 0 Å². The standard InChI is InChI=1S/C58H80F2N14O6S/c1-39(61-5)54(78)66-40(2)56(79)74-19-7-11-47(74)55-67-46(36-81-55)53(77)41-9-6-10-43(29-41)80-28-17-63-51(75)34-71-26-24-69(25-27-71)18-8-16-62-49-32-50(65-38-64-49)72-22-14-58(15-23-72)37-73(35-52(76)68-58)48-31-44(59)42(30-45(48)60)33-70-20-12-57(3,4)13-21-70/h6,9-10,29-32,36,38-40,47,61H,7-8,11-28,33-35,37H2,1-5H3,(H,63,75)(H,66,78)(H,68,76)(H,62,64,65)/t39-,40-,47-/m0/s1. The molecule has 5 saturated heterocycles. The van der Waals surface area contributed by atoms with Crippen LogP contribution in [0.1, 0.15) is 105 Å². The average molecular weight is 1140 g/mol. The fraction of sp³-hybridized carbons (Fsp3) is 0.586. The fourth-order valence-electron chi connectivity index (χ4n) is 11.5. The summed E-state index contributed by atoms with van der Waals surface area (Å²) in [5.74, 6) is 0.0959. The van der Waals surface area contributed by atoms with Crippen molar-refractivity contribution in [2.45, 2.75) is 103 Å². The molecular weight excluding hydrogens is 1060 g/mol. The highest BCUT2D eigenvalue weighted by Gasteiger charge is 2.43. The number of carbonyl (C=O) groups is 5. The van der Waals surface area contributed by atoms with Gasteiger partial charge in [0.15, 0.2) is 0 Å². The van der Waals surface area contributed by atoms with E-state index in [9.17, 15) is 24.0 Å². The molecule has 5 N–H and O–H groups in total. The minimum absolute atomic E-state index is 0.0293. The SMILES string of the molecule is CN[C@@H](C)C(=O)N[C@@H](C)C(=O)N1CCC[C@H]1c1nc(C(=O)c2cccc(OCCNC(=O)CN3CCN(CCCNc4cc(N5CCC6(CC5)CN(c5cc(F)c(CN7CCC(C)(C)CC7)cc5F)CC(=O)N6)ncn4)CC3)c2)cs1. The van der Waals surface area contributed by atoms with Crippen molar-refractivity contribution in [1.29, 1.82) is 0 Å². The van der Waals surface area contributed by atoms with Crippen LogP contribution < -0.4 is 41.1 Å². The van der Waals surface area contributed by atoms with Crippen LogP contribution in [0.3, 0.4) is 0 Å². The van der Waals surface area contributed by atoms with E-state index in [-0.39, 0.29) is 59.7 Å². The molecule has 2 aromatic heterocycles. The van der Waals surface area contributed by atoms with Crippen LogP contribution in [0, 0.1) is 17.0 Å². The number of piperidine rings is 2. The summed E-state index contributed by atoms with van der Waals surface area (Å²) in [4.78, 5) is 91.4. The summed E-state index contributed by atoms with van der Waals surface area (Å²) in [6.45, 7) is 17.8. The lowest BCUT2D eigenvalue weighted by atomic mass is 9.82. The highest BCUT2D eigenvalue weighted by molar-refractivity contribution is 7.10. The molecule has 4 amide bonds. The molecule has 2 aromatic carbocycles. The highest BCUT2D eigenvalue weighted by atomic mass is 32.1. The third-order valence-corrected chi connectivity index (χ3v) is 17.6. The van der Waals surface area contributed by atoms with Crippen LogP contribution in [0.15, 0.2) is 54.2 Å². The predicted octanol–water partition coefficient (Wildman–Crippen LogP) is 4.43. The molecule has 9 rings (SSSR count). The van der Waals surface area contributed by atoms with Gasteiger partial charge in [-0.3, -0.25) is 33.8 Å². The zero-order valence-corrected chi connectivity index (χ0v) is 48.4. The molecular formula is C58H80F2N14O6S. The second kappa shape index (κ2) is 26.7. The van der Waals surface area contributed by atoms with Gasteiger partial charge in [0, 0.05) is 94.1 Å². The van der Waals surface area contributed by atoms with E-state index in [1.165, 1.54) is 23.5 Å². The number of carbonyl (C=O) groups excluding carboxylic acids is 5. The molecule has 5 fully saturated rings. The van der Waals surface area contributed by atoms with Gasteiger partial charge in [-0.15, -0.1) is 11.3 Å². The van der Waals surface area contributed by atoms with E-state index in [1.807, 2.05) is 6.07 Å². The Kier molecular flexibility index (Phi) is 19.5. The van der Waals surface area contributed by atoms with Crippen molar-refractivity contribution in [3.05, 3.63) is 87.6 Å². The normalized spacial score (nSPS) is 20.4. The number of hydrogen-bond acceptors (Lipinski definition) is 17. The third-order valence-electron chi connectivity index (χ3n) is 16.7. The Morgan fingerprint density at radius 1 is 0.864 bits per heavy atom. The topological polar surface area (TPSA) is 213 Å². The van der Waals surface area contributed by atoms with Crippen LogP contribution in [0.2, 0.25) is 0 Å². The number of nitrogens with one attached hydrogen (secondary N) is 5. The number of anilines is 3. The average Bonchev–Trinajstić information content (AvgIpc) is 4.18. The van der Waals surface area contributed by atoms with Crippen LogP contribution in [-0.2, 0) is 25.7 Å². The number of likely N-dealkylation sites (N-methyl/N-ethyl adjacent to an activating group) is 1. The van der Waals surface area contributed by atoms with Gasteiger partial charge in [0.25, 0.3) is 0 Å². The van der Waals surface area contributed by atoms with E-state index >= 15 is 8.78 Å². The van der Waals surface area contributed by atoms with Gasteiger partial charge in [-0.25, -0.2) is 23.7 Å². The first-order valence-electron chi connectivity index (χ1n) is 28.7. The smallest absolute Gasteiger partial charge is 0.245 e. The van der Waals surface area contributed by atoms with E-state index < -0.39 is 29.3 Å². The molecule has 0 aliphatic carbocycles. The zero-order chi connectivity index (χ0) is 57.3. The fourth-order valence-corrected chi connectivity index (χ4v) is 12.4. The first kappa shape index (κ1) is 59.2. The first-order valence-corrected chi connectivity index (χ1v) is 29.6. The summed E-state index contributed by atoms with van der Waals surface area (Å²) in [5.41, 5.74) is 0.875. The Labute approximate surface area is 478 Å². The number of amides is 4. The number of thiazole rings is 1. The molecule has 7 heterocycles. The molecule has 438 valence electrons. The molecule has 0 saturated carbocycles. The summed E-state index contributed by atoms with van der Waals surface area (Å²) < 4.78 is 37.2. The summed E-state index contributed by atoms with van der Waals surface area (Å²) in [5, 5.41) is 17.7. The molecule has 5 aliphatic rings. The number of rotatable bonds is 22. The molecule has 1 spiro atoms. The van der Waals surface area contributed by atoms with Gasteiger partial charge in [-0.2, -0.15) is 0 Å². The van der Waals surface area contributed by atoms with Crippen molar-refractivity contribution in [2.24, 2.45) is 5.41 Å². The summed E-state index contributed by atoms with van der Waals surface area (Å²) >= 11 is 1.35. The number of likely N-dealkylation sites (tertiary alicyclic amines) is 2. The lowest BCUT2D eigenvalue weighted by Gasteiger charge is -2.48. The summed E-state index contributed by atoms with van der Waals surface area (Å²) in [6, 6.07) is 10.0. The number of ether oxygens (including phenoxy) is 1. The van der Waals surface area contributed by atoms with E-state index in [4.69, 9.17) is 4.74 Å². The molecule has 23 heteroatoms. The lowest BCUT2D eigenvalue weighted by molar-refractivity contribution is -0.137. The largest absolute Gasteiger partial charge is 0.492 e. The van der Waals surface area contributed by atoms with E-state index in [0.717, 1.165) is 96.1 Å². The Bertz CT molecular complexity index is 2850. The predicted molar refractivity (Wildman–Crippen MR) is 308 cm³/mol. The number of nitrogens with zero attached hydrogens (tertiary/aromatic N) is 9. The summed E-state index contributed by atoms with van der Waals surface area (Å²) in [7, 11) is 1.69. The minimum atomic E-state index is -0.698. The van der Waals surface area contributed by atoms with Crippen LogP contribution in [0.25, 0.3) is 0 Å². The molecule has 0 bridgehead atoms.